The summed E-state index contributed by atoms with van der Waals surface area (Å²) >= 11 is 5.92. The molecule has 0 heterocycles. The van der Waals surface area contributed by atoms with E-state index >= 15 is 0 Å². The van der Waals surface area contributed by atoms with Gasteiger partial charge in [0.25, 0.3) is 10.0 Å². The van der Waals surface area contributed by atoms with E-state index in [0.29, 0.717) is 16.5 Å². The SMILES string of the molecule is COc1ccccc1[C@H](C)NC(=O)CN(c1ccc(C)cc1)S(=O)(=O)c1ccc(Cl)cc1. The Hall–Kier alpha value is -3.03. The van der Waals surface area contributed by atoms with Gasteiger partial charge in [-0.1, -0.05) is 47.5 Å². The van der Waals surface area contributed by atoms with Crippen molar-refractivity contribution in [2.24, 2.45) is 0 Å². The second-order valence-corrected chi connectivity index (χ2v) is 9.63. The van der Waals surface area contributed by atoms with E-state index in [-0.39, 0.29) is 17.5 Å². The maximum atomic E-state index is 13.4. The van der Waals surface area contributed by atoms with Crippen LogP contribution in [-0.4, -0.2) is 28.0 Å². The fourth-order valence-corrected chi connectivity index (χ4v) is 4.83. The summed E-state index contributed by atoms with van der Waals surface area (Å²) in [6.07, 6.45) is 0. The molecule has 0 aliphatic heterocycles. The van der Waals surface area contributed by atoms with E-state index in [4.69, 9.17) is 16.3 Å². The second-order valence-electron chi connectivity index (χ2n) is 7.33. The van der Waals surface area contributed by atoms with Crippen molar-refractivity contribution in [1.82, 2.24) is 5.32 Å². The van der Waals surface area contributed by atoms with Crippen LogP contribution in [0.4, 0.5) is 5.69 Å². The van der Waals surface area contributed by atoms with Crippen molar-refractivity contribution in [3.05, 3.63) is 88.9 Å². The first-order chi connectivity index (χ1) is 15.2. The molecule has 6 nitrogen and oxygen atoms in total. The summed E-state index contributed by atoms with van der Waals surface area (Å²) in [7, 11) is -2.44. The molecule has 8 heteroatoms. The van der Waals surface area contributed by atoms with E-state index in [1.165, 1.54) is 24.3 Å². The molecule has 3 aromatic rings. The standard InChI is InChI=1S/C24H25ClN2O4S/c1-17-8-12-20(13-9-17)27(32(29,30)21-14-10-19(25)11-15-21)16-24(28)26-18(2)22-6-4-5-7-23(22)31-3/h4-15,18H,16H2,1-3H3,(H,26,28)/t18-/m0/s1. The Morgan fingerprint density at radius 1 is 1.03 bits per heavy atom. The van der Waals surface area contributed by atoms with Gasteiger partial charge in [0, 0.05) is 10.6 Å². The molecule has 168 valence electrons. The van der Waals surface area contributed by atoms with E-state index in [1.54, 1.807) is 31.4 Å². The number of anilines is 1. The van der Waals surface area contributed by atoms with Gasteiger partial charge in [-0.2, -0.15) is 0 Å². The minimum atomic E-state index is -4.00. The van der Waals surface area contributed by atoms with Crippen LogP contribution in [0.2, 0.25) is 5.02 Å². The lowest BCUT2D eigenvalue weighted by molar-refractivity contribution is -0.120. The highest BCUT2D eigenvalue weighted by atomic mass is 35.5. The lowest BCUT2D eigenvalue weighted by atomic mass is 10.1. The molecule has 0 aliphatic rings. The van der Waals surface area contributed by atoms with Gasteiger partial charge in [-0.05, 0) is 56.3 Å². The number of methoxy groups -OCH3 is 1. The number of aryl methyl sites for hydroxylation is 1. The Balaban J connectivity index is 1.89. The van der Waals surface area contributed by atoms with Crippen molar-refractivity contribution < 1.29 is 17.9 Å². The summed E-state index contributed by atoms with van der Waals surface area (Å²) in [5, 5.41) is 3.29. The number of nitrogens with zero attached hydrogens (tertiary/aromatic N) is 1. The van der Waals surface area contributed by atoms with Crippen molar-refractivity contribution >= 4 is 33.2 Å². The van der Waals surface area contributed by atoms with Crippen molar-refractivity contribution in [3.63, 3.8) is 0 Å². The van der Waals surface area contributed by atoms with Gasteiger partial charge in [-0.25, -0.2) is 8.42 Å². The number of amides is 1. The van der Waals surface area contributed by atoms with Crippen LogP contribution in [0, 0.1) is 6.92 Å². The zero-order valence-electron chi connectivity index (χ0n) is 18.1. The molecule has 3 rings (SSSR count). The molecule has 0 saturated carbocycles. The van der Waals surface area contributed by atoms with Crippen LogP contribution in [0.15, 0.2) is 77.7 Å². The lowest BCUT2D eigenvalue weighted by Gasteiger charge is -2.25. The van der Waals surface area contributed by atoms with Crippen LogP contribution in [0.25, 0.3) is 0 Å². The third kappa shape index (κ3) is 5.41. The third-order valence-corrected chi connectivity index (χ3v) is 7.03. The lowest BCUT2D eigenvalue weighted by Crippen LogP contribution is -2.41. The summed E-state index contributed by atoms with van der Waals surface area (Å²) in [5.41, 5.74) is 2.17. The Bertz CT molecular complexity index is 1180. The van der Waals surface area contributed by atoms with Crippen LogP contribution < -0.4 is 14.4 Å². The van der Waals surface area contributed by atoms with Gasteiger partial charge in [0.05, 0.1) is 23.7 Å². The number of carbonyl (C=O) groups excluding carboxylic acids is 1. The summed E-state index contributed by atoms with van der Waals surface area (Å²) in [5.74, 6) is 0.200. The van der Waals surface area contributed by atoms with E-state index in [2.05, 4.69) is 5.32 Å². The highest BCUT2D eigenvalue weighted by Gasteiger charge is 2.28. The maximum absolute atomic E-state index is 13.4. The van der Waals surface area contributed by atoms with Gasteiger partial charge in [0.15, 0.2) is 0 Å². The van der Waals surface area contributed by atoms with E-state index in [0.717, 1.165) is 15.4 Å². The highest BCUT2D eigenvalue weighted by Crippen LogP contribution is 2.27. The molecular formula is C24H25ClN2O4S. The van der Waals surface area contributed by atoms with Gasteiger partial charge in [-0.15, -0.1) is 0 Å². The van der Waals surface area contributed by atoms with Crippen molar-refractivity contribution in [2.45, 2.75) is 24.8 Å². The normalized spacial score (nSPS) is 12.1. The second kappa shape index (κ2) is 10.1. The van der Waals surface area contributed by atoms with Crippen LogP contribution in [0.5, 0.6) is 5.75 Å². The summed E-state index contributed by atoms with van der Waals surface area (Å²) in [4.78, 5) is 13.0. The smallest absolute Gasteiger partial charge is 0.264 e. The summed E-state index contributed by atoms with van der Waals surface area (Å²) in [6.45, 7) is 3.34. The van der Waals surface area contributed by atoms with E-state index in [1.807, 2.05) is 38.1 Å². The summed E-state index contributed by atoms with van der Waals surface area (Å²) < 4.78 is 33.3. The number of halogens is 1. The van der Waals surface area contributed by atoms with Crippen LogP contribution in [-0.2, 0) is 14.8 Å². The number of ether oxygens (including phenoxy) is 1. The Labute approximate surface area is 193 Å². The molecule has 0 bridgehead atoms. The van der Waals surface area contributed by atoms with Gasteiger partial charge in [-0.3, -0.25) is 9.10 Å². The Kier molecular flexibility index (Phi) is 7.43. The molecular weight excluding hydrogens is 448 g/mol. The van der Waals surface area contributed by atoms with Crippen molar-refractivity contribution in [2.75, 3.05) is 18.0 Å². The molecule has 1 N–H and O–H groups in total. The highest BCUT2D eigenvalue weighted by molar-refractivity contribution is 7.92. The number of benzene rings is 3. The van der Waals surface area contributed by atoms with Crippen LogP contribution in [0.3, 0.4) is 0 Å². The number of nitrogens with one attached hydrogen (secondary N) is 1. The first-order valence-electron chi connectivity index (χ1n) is 9.99. The number of rotatable bonds is 8. The van der Waals surface area contributed by atoms with Gasteiger partial charge in [0.1, 0.15) is 12.3 Å². The molecule has 0 aromatic heterocycles. The minimum Gasteiger partial charge on any atom is -0.496 e. The van der Waals surface area contributed by atoms with E-state index in [9.17, 15) is 13.2 Å². The minimum absolute atomic E-state index is 0.0491. The first kappa shape index (κ1) is 23.6. The Morgan fingerprint density at radius 3 is 2.28 bits per heavy atom. The molecule has 0 saturated heterocycles. The van der Waals surface area contributed by atoms with Crippen molar-refractivity contribution in [1.29, 1.82) is 0 Å². The molecule has 32 heavy (non-hydrogen) atoms. The first-order valence-corrected chi connectivity index (χ1v) is 11.8. The quantitative estimate of drug-likeness (QED) is 0.514. The average Bonchev–Trinajstić information content (AvgIpc) is 2.78. The number of hydrogen-bond acceptors (Lipinski definition) is 4. The third-order valence-electron chi connectivity index (χ3n) is 4.99. The van der Waals surface area contributed by atoms with Crippen LogP contribution >= 0.6 is 11.6 Å². The fourth-order valence-electron chi connectivity index (χ4n) is 3.28. The number of hydrogen-bond donors (Lipinski definition) is 1. The Morgan fingerprint density at radius 2 is 1.66 bits per heavy atom. The summed E-state index contributed by atoms with van der Waals surface area (Å²) in [6, 6.07) is 19.8. The zero-order chi connectivity index (χ0) is 23.3. The van der Waals surface area contributed by atoms with Gasteiger partial charge < -0.3 is 10.1 Å². The molecule has 1 atom stereocenters. The number of sulfonamides is 1. The zero-order valence-corrected chi connectivity index (χ0v) is 19.7. The number of para-hydroxylation sites is 1. The monoisotopic (exact) mass is 472 g/mol. The largest absolute Gasteiger partial charge is 0.496 e. The number of carbonyl (C=O) groups is 1. The molecule has 3 aromatic carbocycles. The molecule has 0 spiro atoms. The molecule has 0 unspecified atom stereocenters. The predicted molar refractivity (Wildman–Crippen MR) is 127 cm³/mol. The topological polar surface area (TPSA) is 75.7 Å². The van der Waals surface area contributed by atoms with Crippen LogP contribution in [0.1, 0.15) is 24.1 Å². The van der Waals surface area contributed by atoms with Crippen molar-refractivity contribution in [3.8, 4) is 5.75 Å². The molecule has 0 fully saturated rings. The molecule has 1 amide bonds. The average molecular weight is 473 g/mol. The maximum Gasteiger partial charge on any atom is 0.264 e. The fraction of sp³-hybridized carbons (Fsp3) is 0.208. The molecule has 0 radical (unpaired) electrons. The van der Waals surface area contributed by atoms with E-state index < -0.39 is 15.9 Å². The predicted octanol–water partition coefficient (Wildman–Crippen LogP) is 4.73. The van der Waals surface area contributed by atoms with Gasteiger partial charge >= 0.3 is 0 Å². The molecule has 0 aliphatic carbocycles. The van der Waals surface area contributed by atoms with Gasteiger partial charge in [0.2, 0.25) is 5.91 Å².